The average Bonchev–Trinajstić information content (AvgIpc) is 2.88. The molecule has 1 amide bonds. The van der Waals surface area contributed by atoms with Crippen molar-refractivity contribution in [2.24, 2.45) is 0 Å². The van der Waals surface area contributed by atoms with Crippen molar-refractivity contribution in [3.63, 3.8) is 0 Å². The third-order valence-electron chi connectivity index (χ3n) is 4.75. The number of hydrogen-bond acceptors (Lipinski definition) is 5. The van der Waals surface area contributed by atoms with Crippen LogP contribution in [0.1, 0.15) is 54.3 Å². The number of likely N-dealkylation sites (tertiary alicyclic amines) is 1. The van der Waals surface area contributed by atoms with Crippen LogP contribution in [-0.2, 0) is 0 Å². The summed E-state index contributed by atoms with van der Waals surface area (Å²) in [4.78, 5) is 22.9. The lowest BCUT2D eigenvalue weighted by Crippen LogP contribution is -2.41. The Kier molecular flexibility index (Phi) is 5.60. The molecule has 2 heterocycles. The van der Waals surface area contributed by atoms with Gasteiger partial charge in [-0.2, -0.15) is 0 Å². The molecule has 0 bridgehead atoms. The van der Waals surface area contributed by atoms with Crippen LogP contribution < -0.4 is 5.73 Å². The molecular weight excluding hydrogens is 316 g/mol. The van der Waals surface area contributed by atoms with Crippen molar-refractivity contribution < 1.29 is 9.90 Å². The predicted octanol–water partition coefficient (Wildman–Crippen LogP) is 2.57. The van der Waals surface area contributed by atoms with E-state index in [9.17, 15) is 9.90 Å². The molecule has 132 valence electrons. The van der Waals surface area contributed by atoms with E-state index in [-0.39, 0.29) is 23.5 Å². The molecule has 6 nitrogen and oxygen atoms in total. The first-order valence-corrected chi connectivity index (χ1v) is 8.77. The van der Waals surface area contributed by atoms with E-state index in [0.717, 1.165) is 31.2 Å². The Hall–Kier alpha value is -2.47. The summed E-state index contributed by atoms with van der Waals surface area (Å²) in [6.45, 7) is 0.654. The molecule has 0 unspecified atom stereocenters. The summed E-state index contributed by atoms with van der Waals surface area (Å²) < 4.78 is 0. The Morgan fingerprint density at radius 3 is 2.72 bits per heavy atom. The van der Waals surface area contributed by atoms with E-state index < -0.39 is 6.10 Å². The number of hydrogen-bond donors (Lipinski definition) is 2. The summed E-state index contributed by atoms with van der Waals surface area (Å²) in [7, 11) is 0. The van der Waals surface area contributed by atoms with Crippen LogP contribution in [0.5, 0.6) is 0 Å². The van der Waals surface area contributed by atoms with Crippen molar-refractivity contribution in [1.82, 2.24) is 14.9 Å². The largest absolute Gasteiger partial charge is 0.388 e. The maximum Gasteiger partial charge on any atom is 0.276 e. The van der Waals surface area contributed by atoms with Gasteiger partial charge in [-0.25, -0.2) is 9.97 Å². The zero-order chi connectivity index (χ0) is 17.6. The van der Waals surface area contributed by atoms with E-state index in [1.54, 1.807) is 0 Å². The van der Waals surface area contributed by atoms with Crippen LogP contribution in [0, 0.1) is 0 Å². The Labute approximate surface area is 147 Å². The molecule has 0 spiro atoms. The van der Waals surface area contributed by atoms with Crippen LogP contribution >= 0.6 is 0 Å². The SMILES string of the molecule is Nc1nccnc1C(=O)N1CCCCC[C@H]1C[C@@H](O)c1ccccc1. The maximum absolute atomic E-state index is 13.0. The highest BCUT2D eigenvalue weighted by Crippen LogP contribution is 2.27. The number of aliphatic hydroxyl groups excluding tert-OH is 1. The van der Waals surface area contributed by atoms with Gasteiger partial charge in [0.2, 0.25) is 0 Å². The summed E-state index contributed by atoms with van der Waals surface area (Å²) in [5, 5.41) is 10.6. The minimum absolute atomic E-state index is 0.0355. The fourth-order valence-electron chi connectivity index (χ4n) is 3.41. The molecule has 1 aromatic heterocycles. The van der Waals surface area contributed by atoms with Gasteiger partial charge in [-0.05, 0) is 24.8 Å². The number of carbonyl (C=O) groups excluding carboxylic acids is 1. The monoisotopic (exact) mass is 340 g/mol. The van der Waals surface area contributed by atoms with E-state index in [1.807, 2.05) is 35.2 Å². The lowest BCUT2D eigenvalue weighted by molar-refractivity contribution is 0.0583. The number of aromatic nitrogens is 2. The normalized spacial score (nSPS) is 19.2. The topological polar surface area (TPSA) is 92.3 Å². The Morgan fingerprint density at radius 1 is 1.20 bits per heavy atom. The molecule has 1 fully saturated rings. The van der Waals surface area contributed by atoms with E-state index in [1.165, 1.54) is 12.4 Å². The molecular formula is C19H24N4O2. The highest BCUT2D eigenvalue weighted by Gasteiger charge is 2.30. The van der Waals surface area contributed by atoms with Crippen molar-refractivity contribution in [2.45, 2.75) is 44.2 Å². The number of rotatable bonds is 4. The number of nitrogens with zero attached hydrogens (tertiary/aromatic N) is 3. The van der Waals surface area contributed by atoms with E-state index in [4.69, 9.17) is 5.73 Å². The van der Waals surface area contributed by atoms with Gasteiger partial charge in [0.25, 0.3) is 5.91 Å². The molecule has 6 heteroatoms. The number of amides is 1. The van der Waals surface area contributed by atoms with Crippen molar-refractivity contribution in [2.75, 3.05) is 12.3 Å². The minimum Gasteiger partial charge on any atom is -0.388 e. The van der Waals surface area contributed by atoms with Crippen LogP contribution in [0.2, 0.25) is 0 Å². The van der Waals surface area contributed by atoms with E-state index in [2.05, 4.69) is 9.97 Å². The molecule has 0 aliphatic carbocycles. The molecule has 1 aromatic carbocycles. The van der Waals surface area contributed by atoms with Gasteiger partial charge in [0.1, 0.15) is 0 Å². The summed E-state index contributed by atoms with van der Waals surface area (Å²) in [6.07, 6.45) is 6.82. The van der Waals surface area contributed by atoms with Crippen LogP contribution in [0.4, 0.5) is 5.82 Å². The van der Waals surface area contributed by atoms with Crippen molar-refractivity contribution >= 4 is 11.7 Å². The lowest BCUT2D eigenvalue weighted by atomic mass is 9.98. The zero-order valence-electron chi connectivity index (χ0n) is 14.2. The second-order valence-electron chi connectivity index (χ2n) is 6.45. The van der Waals surface area contributed by atoms with Crippen LogP contribution in [-0.4, -0.2) is 38.5 Å². The number of benzene rings is 1. The van der Waals surface area contributed by atoms with Gasteiger partial charge in [-0.15, -0.1) is 0 Å². The lowest BCUT2D eigenvalue weighted by Gasteiger charge is -2.31. The Bertz CT molecular complexity index is 708. The van der Waals surface area contributed by atoms with Gasteiger partial charge < -0.3 is 15.7 Å². The van der Waals surface area contributed by atoms with Gasteiger partial charge in [0.15, 0.2) is 11.5 Å². The molecule has 3 N–H and O–H groups in total. The number of aliphatic hydroxyl groups is 1. The van der Waals surface area contributed by atoms with Gasteiger partial charge in [0, 0.05) is 25.0 Å². The molecule has 0 radical (unpaired) electrons. The van der Waals surface area contributed by atoms with Crippen molar-refractivity contribution in [1.29, 1.82) is 0 Å². The van der Waals surface area contributed by atoms with Gasteiger partial charge in [-0.3, -0.25) is 4.79 Å². The minimum atomic E-state index is -0.598. The summed E-state index contributed by atoms with van der Waals surface area (Å²) in [5.74, 6) is -0.0446. The summed E-state index contributed by atoms with van der Waals surface area (Å²) in [5.41, 5.74) is 6.91. The predicted molar refractivity (Wildman–Crippen MR) is 95.8 cm³/mol. The van der Waals surface area contributed by atoms with Gasteiger partial charge >= 0.3 is 0 Å². The van der Waals surface area contributed by atoms with Crippen LogP contribution in [0.3, 0.4) is 0 Å². The van der Waals surface area contributed by atoms with E-state index >= 15 is 0 Å². The fourth-order valence-corrected chi connectivity index (χ4v) is 3.41. The Morgan fingerprint density at radius 2 is 1.96 bits per heavy atom. The molecule has 3 rings (SSSR count). The second-order valence-corrected chi connectivity index (χ2v) is 6.45. The zero-order valence-corrected chi connectivity index (χ0v) is 14.2. The Balaban J connectivity index is 1.80. The average molecular weight is 340 g/mol. The third-order valence-corrected chi connectivity index (χ3v) is 4.75. The van der Waals surface area contributed by atoms with Crippen LogP contribution in [0.25, 0.3) is 0 Å². The summed E-state index contributed by atoms with van der Waals surface area (Å²) >= 11 is 0. The molecule has 1 aliphatic heterocycles. The molecule has 0 saturated carbocycles. The quantitative estimate of drug-likeness (QED) is 0.892. The standard InChI is InChI=1S/C19H24N4O2/c20-18-17(21-10-11-22-18)19(25)23-12-6-2-5-9-15(23)13-16(24)14-7-3-1-4-8-14/h1,3-4,7-8,10-11,15-16,24H,2,5-6,9,12-13H2,(H2,20,22)/t15-,16+/m0/s1. The van der Waals surface area contributed by atoms with Crippen molar-refractivity contribution in [3.05, 3.63) is 54.0 Å². The highest BCUT2D eigenvalue weighted by atomic mass is 16.3. The maximum atomic E-state index is 13.0. The van der Waals surface area contributed by atoms with Gasteiger partial charge in [-0.1, -0.05) is 43.2 Å². The number of anilines is 1. The molecule has 2 aromatic rings. The number of nitrogens with two attached hydrogens (primary N) is 1. The number of carbonyl (C=O) groups is 1. The molecule has 25 heavy (non-hydrogen) atoms. The van der Waals surface area contributed by atoms with Gasteiger partial charge in [0.05, 0.1) is 6.10 Å². The molecule has 1 saturated heterocycles. The first-order valence-electron chi connectivity index (χ1n) is 8.77. The fraction of sp³-hybridized carbons (Fsp3) is 0.421. The number of nitrogen functional groups attached to an aromatic ring is 1. The smallest absolute Gasteiger partial charge is 0.276 e. The molecule has 1 aliphatic rings. The van der Waals surface area contributed by atoms with Crippen LogP contribution in [0.15, 0.2) is 42.7 Å². The van der Waals surface area contributed by atoms with Crippen molar-refractivity contribution in [3.8, 4) is 0 Å². The molecule has 2 atom stereocenters. The first-order chi connectivity index (χ1) is 12.2. The summed E-state index contributed by atoms with van der Waals surface area (Å²) in [6, 6.07) is 9.53. The third kappa shape index (κ3) is 4.14. The highest BCUT2D eigenvalue weighted by molar-refractivity contribution is 5.96. The second kappa shape index (κ2) is 8.07. The first kappa shape index (κ1) is 17.4. The van der Waals surface area contributed by atoms with E-state index in [0.29, 0.717) is 13.0 Å².